The molecule has 0 radical (unpaired) electrons. The van der Waals surface area contributed by atoms with E-state index in [-0.39, 0.29) is 11.7 Å². The van der Waals surface area contributed by atoms with Crippen LogP contribution in [-0.2, 0) is 9.53 Å². The number of hydrogen-bond acceptors (Lipinski definition) is 3. The van der Waals surface area contributed by atoms with Crippen molar-refractivity contribution >= 4 is 11.6 Å². The Labute approximate surface area is 99.4 Å². The summed E-state index contributed by atoms with van der Waals surface area (Å²) in [4.78, 5) is 13.7. The molecule has 1 atom stereocenters. The number of fused-ring (bicyclic) bond motifs is 1. The zero-order valence-corrected chi connectivity index (χ0v) is 9.87. The van der Waals surface area contributed by atoms with Crippen LogP contribution in [0.2, 0.25) is 0 Å². The van der Waals surface area contributed by atoms with Crippen molar-refractivity contribution in [2.45, 2.75) is 6.04 Å². The number of methoxy groups -OCH3 is 1. The van der Waals surface area contributed by atoms with Crippen LogP contribution in [0.3, 0.4) is 0 Å². The molecule has 0 saturated heterocycles. The third kappa shape index (κ3) is 2.03. The molecule has 1 aromatic carbocycles. The molecule has 0 fully saturated rings. The van der Waals surface area contributed by atoms with Crippen LogP contribution in [0.15, 0.2) is 18.2 Å². The van der Waals surface area contributed by atoms with E-state index < -0.39 is 6.04 Å². The number of nitrogens with zero attached hydrogens (tertiary/aromatic N) is 1. The van der Waals surface area contributed by atoms with Crippen LogP contribution in [0.1, 0.15) is 11.6 Å². The van der Waals surface area contributed by atoms with Gasteiger partial charge in [0.1, 0.15) is 11.9 Å². The number of hydrogen-bond donors (Lipinski definition) is 1. The van der Waals surface area contributed by atoms with Gasteiger partial charge in [0.05, 0.1) is 6.61 Å². The van der Waals surface area contributed by atoms with Crippen molar-refractivity contribution in [3.63, 3.8) is 0 Å². The van der Waals surface area contributed by atoms with Gasteiger partial charge in [-0.15, -0.1) is 0 Å². The fourth-order valence-corrected chi connectivity index (χ4v) is 2.10. The van der Waals surface area contributed by atoms with Crippen molar-refractivity contribution in [1.82, 2.24) is 5.32 Å². The van der Waals surface area contributed by atoms with Crippen LogP contribution in [0, 0.1) is 5.82 Å². The molecule has 1 unspecified atom stereocenters. The molecule has 4 nitrogen and oxygen atoms in total. The molecule has 0 aromatic heterocycles. The smallest absolute Gasteiger partial charge is 0.248 e. The number of carbonyl (C=O) groups is 1. The molecule has 1 aromatic rings. The molecule has 5 heteroatoms. The van der Waals surface area contributed by atoms with Crippen LogP contribution in [-0.4, -0.2) is 33.2 Å². The molecule has 1 N–H and O–H groups in total. The van der Waals surface area contributed by atoms with Gasteiger partial charge in [0, 0.05) is 24.9 Å². The summed E-state index contributed by atoms with van der Waals surface area (Å²) >= 11 is 0. The summed E-state index contributed by atoms with van der Waals surface area (Å²) in [6, 6.07) is 3.94. The first-order chi connectivity index (χ1) is 8.19. The lowest BCUT2D eigenvalue weighted by molar-refractivity contribution is -0.120. The first-order valence-corrected chi connectivity index (χ1v) is 5.46. The average Bonchev–Trinajstić information content (AvgIpc) is 2.57. The van der Waals surface area contributed by atoms with E-state index >= 15 is 0 Å². The highest BCUT2D eigenvalue weighted by Crippen LogP contribution is 2.35. The molecular formula is C12H15FN2O2. The van der Waals surface area contributed by atoms with Gasteiger partial charge in [-0.25, -0.2) is 4.39 Å². The lowest BCUT2D eigenvalue weighted by atomic mass is 10.1. The topological polar surface area (TPSA) is 41.6 Å². The molecular weight excluding hydrogens is 223 g/mol. The molecule has 0 bridgehead atoms. The van der Waals surface area contributed by atoms with Gasteiger partial charge in [-0.05, 0) is 25.2 Å². The van der Waals surface area contributed by atoms with Gasteiger partial charge < -0.3 is 15.0 Å². The Morgan fingerprint density at radius 1 is 1.53 bits per heavy atom. The maximum atomic E-state index is 13.2. The number of amides is 1. The fraction of sp³-hybridized carbons (Fsp3) is 0.417. The van der Waals surface area contributed by atoms with Gasteiger partial charge in [-0.2, -0.15) is 0 Å². The van der Waals surface area contributed by atoms with E-state index in [1.165, 1.54) is 12.1 Å². The number of benzene rings is 1. The Bertz CT molecular complexity index is 437. The summed E-state index contributed by atoms with van der Waals surface area (Å²) in [5, 5.41) is 2.90. The second-order valence-corrected chi connectivity index (χ2v) is 3.91. The number of rotatable bonds is 4. The van der Waals surface area contributed by atoms with Gasteiger partial charge in [-0.1, -0.05) is 0 Å². The van der Waals surface area contributed by atoms with Crippen molar-refractivity contribution in [3.05, 3.63) is 29.6 Å². The van der Waals surface area contributed by atoms with Crippen LogP contribution in [0.4, 0.5) is 10.1 Å². The highest BCUT2D eigenvalue weighted by atomic mass is 19.1. The quantitative estimate of drug-likeness (QED) is 0.853. The van der Waals surface area contributed by atoms with E-state index in [0.29, 0.717) is 18.7 Å². The summed E-state index contributed by atoms with van der Waals surface area (Å²) in [7, 11) is 3.28. The number of halogens is 1. The average molecular weight is 238 g/mol. The highest BCUT2D eigenvalue weighted by molar-refractivity contribution is 6.04. The second kappa shape index (κ2) is 4.81. The lowest BCUT2D eigenvalue weighted by Gasteiger charge is -2.17. The van der Waals surface area contributed by atoms with Gasteiger partial charge in [0.25, 0.3) is 0 Å². The van der Waals surface area contributed by atoms with E-state index in [2.05, 4.69) is 5.32 Å². The number of likely N-dealkylation sites (N-methyl/N-ethyl adjacent to an activating group) is 1. The van der Waals surface area contributed by atoms with E-state index in [4.69, 9.17) is 4.74 Å². The van der Waals surface area contributed by atoms with Crippen molar-refractivity contribution in [2.75, 3.05) is 32.2 Å². The molecule has 0 spiro atoms. The Kier molecular flexibility index (Phi) is 3.40. The zero-order chi connectivity index (χ0) is 12.4. The predicted octanol–water partition coefficient (Wildman–Crippen LogP) is 1.08. The Hall–Kier alpha value is -1.46. The molecule has 1 aliphatic heterocycles. The first-order valence-electron chi connectivity index (χ1n) is 5.46. The predicted molar refractivity (Wildman–Crippen MR) is 62.4 cm³/mol. The van der Waals surface area contributed by atoms with E-state index in [1.54, 1.807) is 25.1 Å². The summed E-state index contributed by atoms with van der Waals surface area (Å²) in [6.07, 6.45) is 0. The van der Waals surface area contributed by atoms with Gasteiger partial charge in [0.2, 0.25) is 5.91 Å². The maximum absolute atomic E-state index is 13.2. The minimum Gasteiger partial charge on any atom is -0.383 e. The van der Waals surface area contributed by atoms with Crippen LogP contribution in [0.25, 0.3) is 0 Å². The Morgan fingerprint density at radius 3 is 2.94 bits per heavy atom. The number of anilines is 1. The van der Waals surface area contributed by atoms with E-state index in [1.807, 2.05) is 0 Å². The Balaban J connectivity index is 2.36. The normalized spacial score (nSPS) is 18.6. The molecule has 17 heavy (non-hydrogen) atoms. The summed E-state index contributed by atoms with van der Waals surface area (Å²) in [6.45, 7) is 0.936. The van der Waals surface area contributed by atoms with Crippen LogP contribution >= 0.6 is 0 Å². The third-order valence-corrected chi connectivity index (χ3v) is 2.91. The van der Waals surface area contributed by atoms with Crippen LogP contribution < -0.4 is 10.2 Å². The minimum atomic E-state index is -0.461. The highest BCUT2D eigenvalue weighted by Gasteiger charge is 2.36. The molecule has 92 valence electrons. The third-order valence-electron chi connectivity index (χ3n) is 2.91. The molecule has 0 aliphatic carbocycles. The monoisotopic (exact) mass is 238 g/mol. The first kappa shape index (κ1) is 12.0. The molecule has 1 amide bonds. The van der Waals surface area contributed by atoms with Crippen molar-refractivity contribution in [2.24, 2.45) is 0 Å². The fourth-order valence-electron chi connectivity index (χ4n) is 2.10. The van der Waals surface area contributed by atoms with Crippen LogP contribution in [0.5, 0.6) is 0 Å². The molecule has 2 rings (SSSR count). The Morgan fingerprint density at radius 2 is 2.29 bits per heavy atom. The lowest BCUT2D eigenvalue weighted by Crippen LogP contribution is -2.35. The summed E-state index contributed by atoms with van der Waals surface area (Å²) in [5.41, 5.74) is 1.45. The number of ether oxygens (including phenoxy) is 1. The maximum Gasteiger partial charge on any atom is 0.248 e. The number of carbonyl (C=O) groups excluding carboxylic acids is 1. The molecule has 0 saturated carbocycles. The summed E-state index contributed by atoms with van der Waals surface area (Å²) < 4.78 is 18.2. The molecule has 1 heterocycles. The van der Waals surface area contributed by atoms with Gasteiger partial charge in [-0.3, -0.25) is 4.79 Å². The SMILES string of the molecule is CNC1C(=O)N(CCOC)c2ccc(F)cc21. The minimum absolute atomic E-state index is 0.0647. The van der Waals surface area contributed by atoms with Crippen molar-refractivity contribution < 1.29 is 13.9 Å². The standard InChI is InChI=1S/C12H15FN2O2/c1-14-11-9-7-8(13)3-4-10(9)15(12(11)16)5-6-17-2/h3-4,7,11,14H,5-6H2,1-2H3. The number of nitrogens with one attached hydrogen (secondary N) is 1. The molecule has 1 aliphatic rings. The van der Waals surface area contributed by atoms with Crippen molar-refractivity contribution in [3.8, 4) is 0 Å². The van der Waals surface area contributed by atoms with E-state index in [0.717, 1.165) is 5.69 Å². The van der Waals surface area contributed by atoms with Crippen molar-refractivity contribution in [1.29, 1.82) is 0 Å². The zero-order valence-electron chi connectivity index (χ0n) is 9.87. The second-order valence-electron chi connectivity index (χ2n) is 3.91. The van der Waals surface area contributed by atoms with Gasteiger partial charge >= 0.3 is 0 Å². The van der Waals surface area contributed by atoms with E-state index in [9.17, 15) is 9.18 Å². The van der Waals surface area contributed by atoms with Gasteiger partial charge in [0.15, 0.2) is 0 Å². The summed E-state index contributed by atoms with van der Waals surface area (Å²) in [5.74, 6) is -0.393. The largest absolute Gasteiger partial charge is 0.383 e.